The molecular formula is C18H36N4O. The summed E-state index contributed by atoms with van der Waals surface area (Å²) in [6.45, 7) is 10.9. The van der Waals surface area contributed by atoms with Crippen LogP contribution in [0.5, 0.6) is 0 Å². The van der Waals surface area contributed by atoms with Gasteiger partial charge >= 0.3 is 0 Å². The van der Waals surface area contributed by atoms with E-state index in [0.717, 1.165) is 64.4 Å². The van der Waals surface area contributed by atoms with Gasteiger partial charge in [-0.25, -0.2) is 0 Å². The van der Waals surface area contributed by atoms with Gasteiger partial charge in [-0.2, -0.15) is 0 Å². The van der Waals surface area contributed by atoms with Crippen molar-refractivity contribution < 1.29 is 4.79 Å². The number of nitrogens with one attached hydrogen (secondary N) is 2. The van der Waals surface area contributed by atoms with Gasteiger partial charge in [-0.1, -0.05) is 33.1 Å². The minimum Gasteiger partial charge on any atom is -0.357 e. The average molecular weight is 325 g/mol. The maximum absolute atomic E-state index is 12.0. The fourth-order valence-electron chi connectivity index (χ4n) is 2.86. The molecule has 1 fully saturated rings. The molecule has 5 nitrogen and oxygen atoms in total. The van der Waals surface area contributed by atoms with E-state index in [0.29, 0.717) is 11.8 Å². The molecule has 0 aromatic heterocycles. The number of aliphatic imine (C=N–C) groups is 1. The Morgan fingerprint density at radius 3 is 2.65 bits per heavy atom. The SMILES string of the molecule is CCNC(=NCC(CC)CC)NCCCN1CCCCCC1=O. The molecule has 1 aliphatic heterocycles. The number of nitrogens with zero attached hydrogens (tertiary/aromatic N) is 2. The molecule has 0 aromatic rings. The van der Waals surface area contributed by atoms with Crippen molar-refractivity contribution in [3.63, 3.8) is 0 Å². The quantitative estimate of drug-likeness (QED) is 0.389. The first kappa shape index (κ1) is 19.8. The summed E-state index contributed by atoms with van der Waals surface area (Å²) in [7, 11) is 0. The van der Waals surface area contributed by atoms with Crippen LogP contribution in [0.25, 0.3) is 0 Å². The monoisotopic (exact) mass is 324 g/mol. The first-order chi connectivity index (χ1) is 11.2. The highest BCUT2D eigenvalue weighted by Crippen LogP contribution is 2.11. The van der Waals surface area contributed by atoms with Crippen LogP contribution in [0.1, 0.15) is 65.7 Å². The van der Waals surface area contributed by atoms with Crippen molar-refractivity contribution in [3.05, 3.63) is 0 Å². The van der Waals surface area contributed by atoms with Gasteiger partial charge in [0.2, 0.25) is 5.91 Å². The zero-order valence-electron chi connectivity index (χ0n) is 15.4. The average Bonchev–Trinajstić information content (AvgIpc) is 2.76. The lowest BCUT2D eigenvalue weighted by Gasteiger charge is -2.21. The Hall–Kier alpha value is -1.26. The van der Waals surface area contributed by atoms with Crippen LogP contribution in [-0.2, 0) is 4.79 Å². The highest BCUT2D eigenvalue weighted by Gasteiger charge is 2.15. The molecule has 0 atom stereocenters. The molecule has 0 spiro atoms. The second-order valence-corrected chi connectivity index (χ2v) is 6.37. The second-order valence-electron chi connectivity index (χ2n) is 6.37. The summed E-state index contributed by atoms with van der Waals surface area (Å²) in [4.78, 5) is 18.7. The van der Waals surface area contributed by atoms with Crippen molar-refractivity contribution in [2.75, 3.05) is 32.7 Å². The molecule has 1 rings (SSSR count). The molecule has 1 aliphatic rings. The lowest BCUT2D eigenvalue weighted by Crippen LogP contribution is -2.39. The smallest absolute Gasteiger partial charge is 0.222 e. The van der Waals surface area contributed by atoms with Gasteiger partial charge in [0.05, 0.1) is 0 Å². The van der Waals surface area contributed by atoms with Crippen LogP contribution in [0.4, 0.5) is 0 Å². The van der Waals surface area contributed by atoms with Crippen LogP contribution in [-0.4, -0.2) is 49.5 Å². The van der Waals surface area contributed by atoms with Crippen LogP contribution in [0, 0.1) is 5.92 Å². The van der Waals surface area contributed by atoms with Crippen molar-refractivity contribution in [2.24, 2.45) is 10.9 Å². The molecule has 0 saturated carbocycles. The lowest BCUT2D eigenvalue weighted by molar-refractivity contribution is -0.130. The Labute approximate surface area is 142 Å². The van der Waals surface area contributed by atoms with E-state index in [4.69, 9.17) is 0 Å². The van der Waals surface area contributed by atoms with Crippen molar-refractivity contribution in [3.8, 4) is 0 Å². The molecule has 2 N–H and O–H groups in total. The van der Waals surface area contributed by atoms with Crippen LogP contribution in [0.2, 0.25) is 0 Å². The molecule has 0 radical (unpaired) electrons. The summed E-state index contributed by atoms with van der Waals surface area (Å²) in [5, 5.41) is 6.70. The topological polar surface area (TPSA) is 56.7 Å². The number of hydrogen-bond donors (Lipinski definition) is 2. The third kappa shape index (κ3) is 8.24. The Kier molecular flexibility index (Phi) is 10.5. The molecular weight excluding hydrogens is 288 g/mol. The molecule has 1 heterocycles. The molecule has 1 saturated heterocycles. The lowest BCUT2D eigenvalue weighted by atomic mass is 10.0. The summed E-state index contributed by atoms with van der Waals surface area (Å²) in [6.07, 6.45) is 7.45. The molecule has 0 bridgehead atoms. The van der Waals surface area contributed by atoms with E-state index < -0.39 is 0 Å². The number of amides is 1. The number of carbonyl (C=O) groups excluding carboxylic acids is 1. The summed E-state index contributed by atoms with van der Waals surface area (Å²) in [5.74, 6) is 1.90. The van der Waals surface area contributed by atoms with Crippen LogP contribution in [0.3, 0.4) is 0 Å². The Bertz CT molecular complexity index is 353. The molecule has 0 aromatic carbocycles. The molecule has 0 aliphatic carbocycles. The summed E-state index contributed by atoms with van der Waals surface area (Å²) in [5.41, 5.74) is 0. The van der Waals surface area contributed by atoms with E-state index in [1.807, 2.05) is 4.90 Å². The fraction of sp³-hybridized carbons (Fsp3) is 0.889. The zero-order chi connectivity index (χ0) is 16.9. The van der Waals surface area contributed by atoms with Gasteiger partial charge in [0, 0.05) is 39.1 Å². The second kappa shape index (κ2) is 12.2. The minimum absolute atomic E-state index is 0.330. The van der Waals surface area contributed by atoms with E-state index >= 15 is 0 Å². The number of hydrogen-bond acceptors (Lipinski definition) is 2. The summed E-state index contributed by atoms with van der Waals surface area (Å²) >= 11 is 0. The van der Waals surface area contributed by atoms with Gasteiger partial charge in [-0.15, -0.1) is 0 Å². The van der Waals surface area contributed by atoms with Gasteiger partial charge in [0.1, 0.15) is 0 Å². The Balaban J connectivity index is 2.31. The maximum Gasteiger partial charge on any atom is 0.222 e. The predicted octanol–water partition coefficient (Wildman–Crippen LogP) is 2.77. The number of carbonyl (C=O) groups is 1. The van der Waals surface area contributed by atoms with Gasteiger partial charge in [0.15, 0.2) is 5.96 Å². The molecule has 23 heavy (non-hydrogen) atoms. The van der Waals surface area contributed by atoms with E-state index in [-0.39, 0.29) is 0 Å². The highest BCUT2D eigenvalue weighted by atomic mass is 16.2. The number of likely N-dealkylation sites (tertiary alicyclic amines) is 1. The first-order valence-corrected chi connectivity index (χ1v) is 9.51. The predicted molar refractivity (Wildman–Crippen MR) is 97.7 cm³/mol. The van der Waals surface area contributed by atoms with Gasteiger partial charge < -0.3 is 15.5 Å². The fourth-order valence-corrected chi connectivity index (χ4v) is 2.86. The van der Waals surface area contributed by atoms with E-state index in [2.05, 4.69) is 36.4 Å². The van der Waals surface area contributed by atoms with Crippen LogP contribution in [0.15, 0.2) is 4.99 Å². The number of guanidine groups is 1. The Morgan fingerprint density at radius 2 is 1.96 bits per heavy atom. The van der Waals surface area contributed by atoms with Crippen LogP contribution >= 0.6 is 0 Å². The van der Waals surface area contributed by atoms with Crippen LogP contribution < -0.4 is 10.6 Å². The Morgan fingerprint density at radius 1 is 1.17 bits per heavy atom. The highest BCUT2D eigenvalue weighted by molar-refractivity contribution is 5.79. The van der Waals surface area contributed by atoms with Crippen molar-refractivity contribution in [1.29, 1.82) is 0 Å². The molecule has 1 amide bonds. The standard InChI is InChI=1S/C18H36N4O/c1-4-16(5-2)15-21-18(19-6-3)20-12-10-14-22-13-9-7-8-11-17(22)23/h16H,4-15H2,1-3H3,(H2,19,20,21). The summed E-state index contributed by atoms with van der Waals surface area (Å²) < 4.78 is 0. The molecule has 5 heteroatoms. The van der Waals surface area contributed by atoms with Crippen molar-refractivity contribution in [1.82, 2.24) is 15.5 Å². The van der Waals surface area contributed by atoms with Gasteiger partial charge in [-0.05, 0) is 32.1 Å². The third-order valence-corrected chi connectivity index (χ3v) is 4.58. The van der Waals surface area contributed by atoms with E-state index in [1.54, 1.807) is 0 Å². The third-order valence-electron chi connectivity index (χ3n) is 4.58. The zero-order valence-corrected chi connectivity index (χ0v) is 15.4. The van der Waals surface area contributed by atoms with E-state index in [9.17, 15) is 4.79 Å². The summed E-state index contributed by atoms with van der Waals surface area (Å²) in [6, 6.07) is 0. The molecule has 0 unspecified atom stereocenters. The number of rotatable bonds is 9. The minimum atomic E-state index is 0.330. The normalized spacial score (nSPS) is 16.6. The molecule has 134 valence electrons. The van der Waals surface area contributed by atoms with Gasteiger partial charge in [0.25, 0.3) is 0 Å². The van der Waals surface area contributed by atoms with Crippen molar-refractivity contribution in [2.45, 2.75) is 65.7 Å². The van der Waals surface area contributed by atoms with E-state index in [1.165, 1.54) is 19.3 Å². The maximum atomic E-state index is 12.0. The van der Waals surface area contributed by atoms with Gasteiger partial charge in [-0.3, -0.25) is 9.79 Å². The largest absolute Gasteiger partial charge is 0.357 e. The first-order valence-electron chi connectivity index (χ1n) is 9.51. The van der Waals surface area contributed by atoms with Crippen molar-refractivity contribution >= 4 is 11.9 Å².